The topological polar surface area (TPSA) is 96.6 Å². The molecule has 0 saturated heterocycles. The van der Waals surface area contributed by atoms with Crippen molar-refractivity contribution in [1.82, 2.24) is 3.97 Å². The van der Waals surface area contributed by atoms with Crippen LogP contribution < -0.4 is 0 Å². The zero-order valence-corrected chi connectivity index (χ0v) is 18.2. The molecule has 30 heavy (non-hydrogen) atoms. The fourth-order valence-electron chi connectivity index (χ4n) is 3.26. The van der Waals surface area contributed by atoms with Gasteiger partial charge >= 0.3 is 5.97 Å². The molecule has 0 spiro atoms. The number of benzene rings is 3. The second kappa shape index (κ2) is 7.46. The normalized spacial score (nSPS) is 11.7. The van der Waals surface area contributed by atoms with Crippen LogP contribution in [0.3, 0.4) is 0 Å². The van der Waals surface area contributed by atoms with Crippen molar-refractivity contribution in [2.45, 2.75) is 4.90 Å². The highest BCUT2D eigenvalue weighted by Crippen LogP contribution is 2.38. The van der Waals surface area contributed by atoms with Crippen LogP contribution in [-0.4, -0.2) is 28.6 Å². The van der Waals surface area contributed by atoms with Crippen molar-refractivity contribution in [3.63, 3.8) is 0 Å². The predicted molar refractivity (Wildman–Crippen MR) is 118 cm³/mol. The standard InChI is InChI=1S/C21H13BrClNO5S/c22-14-10-16(21(26)27)20(25)19(11-14)30(28,29)24-17-7-6-15(23)8-13(17)9-18(24)12-4-2-1-3-5-12/h1-11,25H,(H,26,27). The molecule has 1 heterocycles. The molecule has 0 atom stereocenters. The Kier molecular flexibility index (Phi) is 5.09. The van der Waals surface area contributed by atoms with Crippen LogP contribution in [0, 0.1) is 0 Å². The maximum absolute atomic E-state index is 13.7. The van der Waals surface area contributed by atoms with E-state index in [0.29, 0.717) is 27.2 Å². The number of hydrogen-bond donors (Lipinski definition) is 2. The molecule has 6 nitrogen and oxygen atoms in total. The number of rotatable bonds is 4. The van der Waals surface area contributed by atoms with E-state index < -0.39 is 32.2 Å². The average Bonchev–Trinajstić information content (AvgIpc) is 3.09. The number of carboxylic acids is 1. The van der Waals surface area contributed by atoms with Crippen LogP contribution in [0.15, 0.2) is 76.1 Å². The van der Waals surface area contributed by atoms with Gasteiger partial charge in [0.25, 0.3) is 10.0 Å². The molecule has 0 saturated carbocycles. The van der Waals surface area contributed by atoms with Gasteiger partial charge in [0.1, 0.15) is 10.5 Å². The third-order valence-corrected chi connectivity index (χ3v) is 7.01. The first-order valence-corrected chi connectivity index (χ1v) is 11.2. The van der Waals surface area contributed by atoms with Crippen molar-refractivity contribution in [3.05, 3.63) is 81.8 Å². The smallest absolute Gasteiger partial charge is 0.339 e. The van der Waals surface area contributed by atoms with Crippen LogP contribution in [0.25, 0.3) is 22.2 Å². The molecule has 0 radical (unpaired) electrons. The van der Waals surface area contributed by atoms with Crippen molar-refractivity contribution in [3.8, 4) is 17.0 Å². The Labute approximate surface area is 185 Å². The van der Waals surface area contributed by atoms with E-state index in [1.54, 1.807) is 54.6 Å². The Morgan fingerprint density at radius 2 is 1.70 bits per heavy atom. The molecule has 1 aromatic heterocycles. The Morgan fingerprint density at radius 1 is 1.00 bits per heavy atom. The predicted octanol–water partition coefficient (Wildman–Crippen LogP) is 5.37. The maximum Gasteiger partial charge on any atom is 0.339 e. The zero-order valence-electron chi connectivity index (χ0n) is 15.1. The number of nitrogens with zero attached hydrogens (tertiary/aromatic N) is 1. The summed E-state index contributed by atoms with van der Waals surface area (Å²) in [5.41, 5.74) is 0.795. The number of carbonyl (C=O) groups is 1. The molecule has 0 fully saturated rings. The number of aromatic hydroxyl groups is 1. The number of fused-ring (bicyclic) bond motifs is 1. The van der Waals surface area contributed by atoms with E-state index in [9.17, 15) is 23.4 Å². The third-order valence-electron chi connectivity index (χ3n) is 4.58. The molecule has 0 aliphatic rings. The Balaban J connectivity index is 2.10. The minimum atomic E-state index is -4.39. The molecule has 0 aliphatic heterocycles. The fourth-order valence-corrected chi connectivity index (χ4v) is 5.72. The molecule has 3 aromatic carbocycles. The van der Waals surface area contributed by atoms with Crippen molar-refractivity contribution in [2.24, 2.45) is 0 Å². The highest BCUT2D eigenvalue weighted by Gasteiger charge is 2.29. The van der Waals surface area contributed by atoms with E-state index in [-0.39, 0.29) is 4.47 Å². The first-order chi connectivity index (χ1) is 14.2. The first-order valence-electron chi connectivity index (χ1n) is 8.58. The van der Waals surface area contributed by atoms with E-state index in [1.807, 2.05) is 0 Å². The van der Waals surface area contributed by atoms with Crippen molar-refractivity contribution < 1.29 is 23.4 Å². The van der Waals surface area contributed by atoms with Crippen LogP contribution in [0.4, 0.5) is 0 Å². The van der Waals surface area contributed by atoms with E-state index >= 15 is 0 Å². The lowest BCUT2D eigenvalue weighted by atomic mass is 10.1. The molecular weight excluding hydrogens is 494 g/mol. The Hall–Kier alpha value is -2.81. The molecule has 152 valence electrons. The SMILES string of the molecule is O=C(O)c1cc(Br)cc(S(=O)(=O)n2c(-c3ccccc3)cc3cc(Cl)ccc32)c1O. The lowest BCUT2D eigenvalue weighted by Gasteiger charge is -2.15. The van der Waals surface area contributed by atoms with Crippen molar-refractivity contribution in [2.75, 3.05) is 0 Å². The van der Waals surface area contributed by atoms with Crippen LogP contribution in [0.5, 0.6) is 5.75 Å². The molecule has 0 unspecified atom stereocenters. The van der Waals surface area contributed by atoms with Gasteiger partial charge in [0.05, 0.1) is 11.2 Å². The zero-order chi connectivity index (χ0) is 21.6. The van der Waals surface area contributed by atoms with Gasteiger partial charge in [0.15, 0.2) is 5.75 Å². The molecule has 0 bridgehead atoms. The summed E-state index contributed by atoms with van der Waals surface area (Å²) in [6.07, 6.45) is 0. The third kappa shape index (κ3) is 3.36. The quantitative estimate of drug-likeness (QED) is 0.388. The summed E-state index contributed by atoms with van der Waals surface area (Å²) in [5.74, 6) is -2.28. The van der Waals surface area contributed by atoms with Crippen LogP contribution in [0.1, 0.15) is 10.4 Å². The van der Waals surface area contributed by atoms with Gasteiger partial charge in [0.2, 0.25) is 0 Å². The number of hydrogen-bond acceptors (Lipinski definition) is 4. The van der Waals surface area contributed by atoms with Gasteiger partial charge in [-0.3, -0.25) is 0 Å². The van der Waals surface area contributed by atoms with E-state index in [0.717, 1.165) is 10.0 Å². The van der Waals surface area contributed by atoms with Gasteiger partial charge in [-0.25, -0.2) is 17.2 Å². The molecule has 9 heteroatoms. The number of carboxylic acid groups (broad SMARTS) is 1. The lowest BCUT2D eigenvalue weighted by molar-refractivity contribution is 0.0693. The van der Waals surface area contributed by atoms with E-state index in [2.05, 4.69) is 15.9 Å². The largest absolute Gasteiger partial charge is 0.506 e. The molecular formula is C21H13BrClNO5S. The molecule has 0 aliphatic carbocycles. The Morgan fingerprint density at radius 3 is 2.37 bits per heavy atom. The lowest BCUT2D eigenvalue weighted by Crippen LogP contribution is -2.15. The minimum Gasteiger partial charge on any atom is -0.506 e. The van der Waals surface area contributed by atoms with Crippen molar-refractivity contribution >= 4 is 54.4 Å². The van der Waals surface area contributed by atoms with E-state index in [1.165, 1.54) is 6.07 Å². The first kappa shape index (κ1) is 20.5. The summed E-state index contributed by atoms with van der Waals surface area (Å²) < 4.78 is 28.7. The van der Waals surface area contributed by atoms with Crippen LogP contribution in [-0.2, 0) is 10.0 Å². The Bertz CT molecular complexity index is 1410. The minimum absolute atomic E-state index is 0.206. The average molecular weight is 507 g/mol. The van der Waals surface area contributed by atoms with Gasteiger partial charge in [-0.05, 0) is 42.0 Å². The number of halogens is 2. The monoisotopic (exact) mass is 505 g/mol. The summed E-state index contributed by atoms with van der Waals surface area (Å²) >= 11 is 9.22. The molecule has 0 amide bonds. The van der Waals surface area contributed by atoms with Gasteiger partial charge < -0.3 is 10.2 Å². The van der Waals surface area contributed by atoms with Gasteiger partial charge in [0, 0.05) is 14.9 Å². The number of phenols is 1. The highest BCUT2D eigenvalue weighted by molar-refractivity contribution is 9.10. The second-order valence-electron chi connectivity index (χ2n) is 6.47. The maximum atomic E-state index is 13.7. The van der Waals surface area contributed by atoms with Crippen LogP contribution >= 0.6 is 27.5 Å². The molecule has 4 rings (SSSR count). The molecule has 4 aromatic rings. The van der Waals surface area contributed by atoms with Gasteiger partial charge in [-0.1, -0.05) is 57.9 Å². The van der Waals surface area contributed by atoms with Crippen LogP contribution in [0.2, 0.25) is 5.02 Å². The highest BCUT2D eigenvalue weighted by atomic mass is 79.9. The number of aromatic carboxylic acids is 1. The summed E-state index contributed by atoms with van der Waals surface area (Å²) in [6, 6.07) is 17.6. The summed E-state index contributed by atoms with van der Waals surface area (Å²) in [5, 5.41) is 20.9. The fraction of sp³-hybridized carbons (Fsp3) is 0. The second-order valence-corrected chi connectivity index (χ2v) is 9.58. The van der Waals surface area contributed by atoms with Gasteiger partial charge in [-0.15, -0.1) is 0 Å². The summed E-state index contributed by atoms with van der Waals surface area (Å²) in [7, 11) is -4.39. The van der Waals surface area contributed by atoms with E-state index in [4.69, 9.17) is 11.6 Å². The number of aromatic nitrogens is 1. The van der Waals surface area contributed by atoms with Gasteiger partial charge in [-0.2, -0.15) is 0 Å². The summed E-state index contributed by atoms with van der Waals surface area (Å²) in [4.78, 5) is 11.0. The molecule has 2 N–H and O–H groups in total. The van der Waals surface area contributed by atoms with Crippen molar-refractivity contribution in [1.29, 1.82) is 0 Å². The summed E-state index contributed by atoms with van der Waals surface area (Å²) in [6.45, 7) is 0.